The van der Waals surface area contributed by atoms with Crippen molar-refractivity contribution in [2.24, 2.45) is 0 Å². The fourth-order valence-corrected chi connectivity index (χ4v) is 3.44. The predicted octanol–water partition coefficient (Wildman–Crippen LogP) is 4.21. The largest absolute Gasteiger partial charge is 0.369 e. The molecule has 1 aromatic heterocycles. The Hall–Kier alpha value is -2.10. The predicted molar refractivity (Wildman–Crippen MR) is 101 cm³/mol. The van der Waals surface area contributed by atoms with Crippen molar-refractivity contribution in [2.75, 3.05) is 31.1 Å². The lowest BCUT2D eigenvalue weighted by atomic mass is 10.1. The highest BCUT2D eigenvalue weighted by Crippen LogP contribution is 2.23. The lowest BCUT2D eigenvalue weighted by molar-refractivity contribution is 0.250. The van der Waals surface area contributed by atoms with Gasteiger partial charge in [-0.3, -0.25) is 4.90 Å². The van der Waals surface area contributed by atoms with Crippen LogP contribution >= 0.6 is 11.6 Å². The molecule has 1 aliphatic heterocycles. The maximum absolute atomic E-state index is 5.96. The van der Waals surface area contributed by atoms with Gasteiger partial charge in [0.1, 0.15) is 5.15 Å². The van der Waals surface area contributed by atoms with Crippen LogP contribution in [-0.2, 0) is 6.54 Å². The summed E-state index contributed by atoms with van der Waals surface area (Å²) in [6.45, 7) is 5.32. The van der Waals surface area contributed by atoms with Crippen LogP contribution in [-0.4, -0.2) is 36.1 Å². The summed E-state index contributed by atoms with van der Waals surface area (Å²) in [5.41, 5.74) is 3.61. The number of rotatable bonds is 3. The number of hydrogen-bond acceptors (Lipinski definition) is 3. The van der Waals surface area contributed by atoms with E-state index in [1.165, 1.54) is 11.3 Å². The van der Waals surface area contributed by atoms with Gasteiger partial charge in [-0.05, 0) is 35.9 Å². The van der Waals surface area contributed by atoms with Gasteiger partial charge < -0.3 is 4.90 Å². The van der Waals surface area contributed by atoms with E-state index in [0.717, 1.165) is 43.6 Å². The number of benzene rings is 2. The molecule has 2 aromatic carbocycles. The Morgan fingerprint density at radius 3 is 2.46 bits per heavy atom. The standard InChI is InChI=1S/C20H20ClN3/c21-20-9-6-17-14-18(7-8-19(17)22-20)24-12-10-23(11-13-24)15-16-4-2-1-3-5-16/h1-9,14H,10-13,15H2. The van der Waals surface area contributed by atoms with Crippen molar-refractivity contribution in [1.82, 2.24) is 9.88 Å². The Balaban J connectivity index is 1.43. The third kappa shape index (κ3) is 3.37. The van der Waals surface area contributed by atoms with Gasteiger partial charge in [-0.2, -0.15) is 0 Å². The first-order valence-electron chi connectivity index (χ1n) is 8.35. The Morgan fingerprint density at radius 1 is 0.875 bits per heavy atom. The molecule has 0 amide bonds. The minimum atomic E-state index is 0.546. The highest BCUT2D eigenvalue weighted by Gasteiger charge is 2.17. The molecule has 4 heteroatoms. The molecule has 1 aliphatic rings. The summed E-state index contributed by atoms with van der Waals surface area (Å²) in [5, 5.41) is 1.69. The number of fused-ring (bicyclic) bond motifs is 1. The molecular formula is C20H20ClN3. The topological polar surface area (TPSA) is 19.4 Å². The van der Waals surface area contributed by atoms with Crippen molar-refractivity contribution in [3.63, 3.8) is 0 Å². The molecule has 0 spiro atoms. The monoisotopic (exact) mass is 337 g/mol. The van der Waals surface area contributed by atoms with Gasteiger partial charge in [0.05, 0.1) is 5.52 Å². The van der Waals surface area contributed by atoms with E-state index in [9.17, 15) is 0 Å². The maximum atomic E-state index is 5.96. The van der Waals surface area contributed by atoms with Crippen LogP contribution in [0, 0.1) is 0 Å². The highest BCUT2D eigenvalue weighted by molar-refractivity contribution is 6.29. The molecule has 4 rings (SSSR count). The third-order valence-corrected chi connectivity index (χ3v) is 4.84. The Morgan fingerprint density at radius 2 is 1.67 bits per heavy atom. The van der Waals surface area contributed by atoms with Crippen LogP contribution in [0.1, 0.15) is 5.56 Å². The average molecular weight is 338 g/mol. The molecule has 0 atom stereocenters. The minimum Gasteiger partial charge on any atom is -0.369 e. The van der Waals surface area contributed by atoms with Crippen molar-refractivity contribution in [2.45, 2.75) is 6.54 Å². The first kappa shape index (κ1) is 15.4. The number of nitrogens with zero attached hydrogens (tertiary/aromatic N) is 3. The molecule has 0 bridgehead atoms. The zero-order valence-electron chi connectivity index (χ0n) is 13.5. The molecule has 3 nitrogen and oxygen atoms in total. The van der Waals surface area contributed by atoms with E-state index in [0.29, 0.717) is 5.15 Å². The third-order valence-electron chi connectivity index (χ3n) is 4.63. The lowest BCUT2D eigenvalue weighted by Crippen LogP contribution is -2.45. The van der Waals surface area contributed by atoms with E-state index in [1.54, 1.807) is 0 Å². The number of halogens is 1. The van der Waals surface area contributed by atoms with Crippen LogP contribution in [0.5, 0.6) is 0 Å². The molecule has 2 heterocycles. The molecule has 3 aromatic rings. The fourth-order valence-electron chi connectivity index (χ4n) is 3.29. The number of piperazine rings is 1. The minimum absolute atomic E-state index is 0.546. The van der Waals surface area contributed by atoms with Crippen LogP contribution in [0.25, 0.3) is 10.9 Å². The van der Waals surface area contributed by atoms with Crippen LogP contribution in [0.4, 0.5) is 5.69 Å². The second kappa shape index (κ2) is 6.80. The van der Waals surface area contributed by atoms with Crippen molar-refractivity contribution >= 4 is 28.2 Å². The van der Waals surface area contributed by atoms with Crippen molar-refractivity contribution < 1.29 is 0 Å². The van der Waals surface area contributed by atoms with Gasteiger partial charge in [-0.1, -0.05) is 41.9 Å². The summed E-state index contributed by atoms with van der Waals surface area (Å²) in [5.74, 6) is 0. The van der Waals surface area contributed by atoms with E-state index >= 15 is 0 Å². The van der Waals surface area contributed by atoms with Gasteiger partial charge >= 0.3 is 0 Å². The summed E-state index contributed by atoms with van der Waals surface area (Å²) in [6.07, 6.45) is 0. The van der Waals surface area contributed by atoms with E-state index in [4.69, 9.17) is 11.6 Å². The molecule has 24 heavy (non-hydrogen) atoms. The summed E-state index contributed by atoms with van der Waals surface area (Å²) < 4.78 is 0. The number of hydrogen-bond donors (Lipinski definition) is 0. The van der Waals surface area contributed by atoms with Gasteiger partial charge in [0.25, 0.3) is 0 Å². The smallest absolute Gasteiger partial charge is 0.129 e. The second-order valence-corrected chi connectivity index (χ2v) is 6.65. The number of pyridine rings is 1. The average Bonchev–Trinajstić information content (AvgIpc) is 2.63. The zero-order valence-corrected chi connectivity index (χ0v) is 14.3. The van der Waals surface area contributed by atoms with Crippen LogP contribution in [0.3, 0.4) is 0 Å². The Bertz CT molecular complexity index is 827. The van der Waals surface area contributed by atoms with E-state index < -0.39 is 0 Å². The molecule has 1 fully saturated rings. The van der Waals surface area contributed by atoms with Gasteiger partial charge in [0, 0.05) is 43.8 Å². The molecular weight excluding hydrogens is 318 g/mol. The number of anilines is 1. The van der Waals surface area contributed by atoms with E-state index in [2.05, 4.69) is 63.3 Å². The summed E-state index contributed by atoms with van der Waals surface area (Å²) in [4.78, 5) is 9.34. The molecule has 0 radical (unpaired) electrons. The summed E-state index contributed by atoms with van der Waals surface area (Å²) in [7, 11) is 0. The Labute approximate surface area is 147 Å². The highest BCUT2D eigenvalue weighted by atomic mass is 35.5. The first-order valence-corrected chi connectivity index (χ1v) is 8.73. The van der Waals surface area contributed by atoms with E-state index in [-0.39, 0.29) is 0 Å². The summed E-state index contributed by atoms with van der Waals surface area (Å²) in [6, 6.07) is 21.0. The fraction of sp³-hybridized carbons (Fsp3) is 0.250. The maximum Gasteiger partial charge on any atom is 0.129 e. The molecule has 0 N–H and O–H groups in total. The molecule has 1 saturated heterocycles. The second-order valence-electron chi connectivity index (χ2n) is 6.26. The molecule has 122 valence electrons. The van der Waals surface area contributed by atoms with Gasteiger partial charge in [0.2, 0.25) is 0 Å². The number of aromatic nitrogens is 1. The van der Waals surface area contributed by atoms with Crippen molar-refractivity contribution in [3.8, 4) is 0 Å². The van der Waals surface area contributed by atoms with Crippen molar-refractivity contribution in [3.05, 3.63) is 71.4 Å². The van der Waals surface area contributed by atoms with Crippen molar-refractivity contribution in [1.29, 1.82) is 0 Å². The summed E-state index contributed by atoms with van der Waals surface area (Å²) >= 11 is 5.96. The van der Waals surface area contributed by atoms with Crippen LogP contribution < -0.4 is 4.90 Å². The van der Waals surface area contributed by atoms with Gasteiger partial charge in [-0.15, -0.1) is 0 Å². The molecule has 0 unspecified atom stereocenters. The molecule has 0 aliphatic carbocycles. The first-order chi connectivity index (χ1) is 11.8. The molecule has 0 saturated carbocycles. The van der Waals surface area contributed by atoms with E-state index in [1.807, 2.05) is 12.1 Å². The van der Waals surface area contributed by atoms with Gasteiger partial charge in [0.15, 0.2) is 0 Å². The van der Waals surface area contributed by atoms with Gasteiger partial charge in [-0.25, -0.2) is 4.98 Å². The van der Waals surface area contributed by atoms with Crippen LogP contribution in [0.2, 0.25) is 5.15 Å². The Kier molecular flexibility index (Phi) is 4.37. The quantitative estimate of drug-likeness (QED) is 0.667. The SMILES string of the molecule is Clc1ccc2cc(N3CCN(Cc4ccccc4)CC3)ccc2n1. The lowest BCUT2D eigenvalue weighted by Gasteiger charge is -2.36. The normalized spacial score (nSPS) is 15.8. The zero-order chi connectivity index (χ0) is 16.4. The van der Waals surface area contributed by atoms with Crippen LogP contribution in [0.15, 0.2) is 60.7 Å².